The number of imide groups is 1. The van der Waals surface area contributed by atoms with Gasteiger partial charge in [-0.15, -0.1) is 0 Å². The van der Waals surface area contributed by atoms with Crippen molar-refractivity contribution in [3.63, 3.8) is 0 Å². The summed E-state index contributed by atoms with van der Waals surface area (Å²) in [5, 5.41) is 14.6. The largest absolute Gasteiger partial charge is 0.478 e. The molecule has 8 heteroatoms. The van der Waals surface area contributed by atoms with Gasteiger partial charge in [-0.25, -0.2) is 4.79 Å². The van der Waals surface area contributed by atoms with Crippen molar-refractivity contribution >= 4 is 29.4 Å². The molecule has 3 N–H and O–H groups in total. The summed E-state index contributed by atoms with van der Waals surface area (Å²) in [5.74, 6) is -1.94. The fourth-order valence-electron chi connectivity index (χ4n) is 3.71. The number of amides is 3. The highest BCUT2D eigenvalue weighted by Crippen LogP contribution is 2.32. The second-order valence-electron chi connectivity index (χ2n) is 7.09. The van der Waals surface area contributed by atoms with E-state index in [1.807, 2.05) is 6.07 Å². The molecule has 0 aliphatic carbocycles. The maximum absolute atomic E-state index is 12.8. The lowest BCUT2D eigenvalue weighted by Gasteiger charge is -2.29. The molecular formula is C21H19N3O5. The summed E-state index contributed by atoms with van der Waals surface area (Å²) in [6.45, 7) is 0.754. The Bertz CT molecular complexity index is 1020. The van der Waals surface area contributed by atoms with Gasteiger partial charge in [-0.2, -0.15) is 0 Å². The molecule has 3 amide bonds. The zero-order valence-electron chi connectivity index (χ0n) is 15.5. The molecule has 0 bridgehead atoms. The number of rotatable bonds is 5. The molecule has 2 aromatic rings. The van der Waals surface area contributed by atoms with Crippen LogP contribution in [0.25, 0.3) is 0 Å². The first kappa shape index (κ1) is 18.7. The zero-order valence-corrected chi connectivity index (χ0v) is 15.5. The van der Waals surface area contributed by atoms with Crippen molar-refractivity contribution in [3.05, 3.63) is 64.7 Å². The molecule has 8 nitrogen and oxygen atoms in total. The number of nitrogens with one attached hydrogen (secondary N) is 2. The van der Waals surface area contributed by atoms with Crippen LogP contribution < -0.4 is 10.6 Å². The second kappa shape index (κ2) is 7.38. The highest BCUT2D eigenvalue weighted by Gasteiger charge is 2.39. The third-order valence-corrected chi connectivity index (χ3v) is 5.27. The van der Waals surface area contributed by atoms with Crippen molar-refractivity contribution in [2.45, 2.75) is 32.0 Å². The monoisotopic (exact) mass is 393 g/mol. The Balaban J connectivity index is 1.50. The van der Waals surface area contributed by atoms with Gasteiger partial charge in [0.1, 0.15) is 6.04 Å². The van der Waals surface area contributed by atoms with E-state index in [0.29, 0.717) is 25.1 Å². The molecule has 2 aliphatic rings. The van der Waals surface area contributed by atoms with Gasteiger partial charge in [0.2, 0.25) is 11.8 Å². The van der Waals surface area contributed by atoms with E-state index in [-0.39, 0.29) is 23.8 Å². The van der Waals surface area contributed by atoms with Gasteiger partial charge in [-0.1, -0.05) is 18.2 Å². The summed E-state index contributed by atoms with van der Waals surface area (Å²) >= 11 is 0. The van der Waals surface area contributed by atoms with E-state index in [2.05, 4.69) is 10.6 Å². The van der Waals surface area contributed by atoms with Crippen LogP contribution in [-0.2, 0) is 22.7 Å². The molecule has 1 saturated heterocycles. The average molecular weight is 393 g/mol. The van der Waals surface area contributed by atoms with Crippen LogP contribution in [0.2, 0.25) is 0 Å². The summed E-state index contributed by atoms with van der Waals surface area (Å²) in [6.07, 6.45) is 0.539. The smallest absolute Gasteiger partial charge is 0.335 e. The minimum atomic E-state index is -0.975. The first-order chi connectivity index (χ1) is 13.9. The molecule has 2 aromatic carbocycles. The molecule has 1 unspecified atom stereocenters. The van der Waals surface area contributed by atoms with E-state index in [1.54, 1.807) is 36.4 Å². The molecule has 0 spiro atoms. The lowest BCUT2D eigenvalue weighted by molar-refractivity contribution is -0.136. The molecule has 0 saturated carbocycles. The topological polar surface area (TPSA) is 116 Å². The molecule has 2 aliphatic heterocycles. The second-order valence-corrected chi connectivity index (χ2v) is 7.09. The van der Waals surface area contributed by atoms with Crippen molar-refractivity contribution in [2.24, 2.45) is 0 Å². The Hall–Kier alpha value is -3.68. The van der Waals surface area contributed by atoms with E-state index >= 15 is 0 Å². The molecule has 4 rings (SSSR count). The molecule has 0 radical (unpaired) electrons. The number of carboxylic acids is 1. The quantitative estimate of drug-likeness (QED) is 0.667. The minimum Gasteiger partial charge on any atom is -0.478 e. The summed E-state index contributed by atoms with van der Waals surface area (Å²) in [5.41, 5.74) is 3.26. The van der Waals surface area contributed by atoms with Crippen LogP contribution >= 0.6 is 0 Å². The molecule has 1 fully saturated rings. The fraction of sp³-hybridized carbons (Fsp3) is 0.238. The average Bonchev–Trinajstić information content (AvgIpc) is 3.04. The van der Waals surface area contributed by atoms with Crippen molar-refractivity contribution in [3.8, 4) is 0 Å². The van der Waals surface area contributed by atoms with Gasteiger partial charge in [-0.05, 0) is 36.2 Å². The van der Waals surface area contributed by atoms with Crippen LogP contribution in [0.15, 0.2) is 42.5 Å². The summed E-state index contributed by atoms with van der Waals surface area (Å²) in [7, 11) is 0. The van der Waals surface area contributed by atoms with Crippen LogP contribution in [-0.4, -0.2) is 39.7 Å². The minimum absolute atomic E-state index is 0.216. The number of carbonyl (C=O) groups excluding carboxylic acids is 3. The molecule has 0 aromatic heterocycles. The Morgan fingerprint density at radius 2 is 1.90 bits per heavy atom. The molecule has 1 atom stereocenters. The first-order valence-corrected chi connectivity index (χ1v) is 9.26. The van der Waals surface area contributed by atoms with Crippen molar-refractivity contribution in [1.29, 1.82) is 0 Å². The van der Waals surface area contributed by atoms with Gasteiger partial charge in [0.25, 0.3) is 5.91 Å². The lowest BCUT2D eigenvalue weighted by Crippen LogP contribution is -2.52. The third-order valence-electron chi connectivity index (χ3n) is 5.27. The summed E-state index contributed by atoms with van der Waals surface area (Å²) in [4.78, 5) is 48.9. The fourth-order valence-corrected chi connectivity index (χ4v) is 3.71. The van der Waals surface area contributed by atoms with Crippen molar-refractivity contribution in [1.82, 2.24) is 10.2 Å². The molecule has 2 heterocycles. The standard InChI is InChI=1S/C21H19N3O5/c25-18-9-8-17(19(26)23-18)24-11-15-14(20(24)27)2-1-3-16(15)22-10-12-4-6-13(7-5-12)21(28)29/h1-7,17,22H,8-11H2,(H,28,29)(H,23,25,26). The number of piperidine rings is 1. The third kappa shape index (κ3) is 3.56. The predicted octanol–water partition coefficient (Wildman–Crippen LogP) is 1.76. The Kier molecular flexibility index (Phi) is 4.75. The molecule has 29 heavy (non-hydrogen) atoms. The lowest BCUT2D eigenvalue weighted by atomic mass is 10.0. The van der Waals surface area contributed by atoms with E-state index in [1.165, 1.54) is 4.90 Å². The van der Waals surface area contributed by atoms with E-state index < -0.39 is 17.9 Å². The van der Waals surface area contributed by atoms with Crippen molar-refractivity contribution < 1.29 is 24.3 Å². The summed E-state index contributed by atoms with van der Waals surface area (Å²) < 4.78 is 0. The molecule has 148 valence electrons. The number of benzene rings is 2. The van der Waals surface area contributed by atoms with Crippen molar-refractivity contribution in [2.75, 3.05) is 5.32 Å². The number of nitrogens with zero attached hydrogens (tertiary/aromatic N) is 1. The normalized spacial score (nSPS) is 18.4. The van der Waals surface area contributed by atoms with Gasteiger partial charge >= 0.3 is 5.97 Å². The Labute approximate surface area is 166 Å². The zero-order chi connectivity index (χ0) is 20.5. The summed E-state index contributed by atoms with van der Waals surface area (Å²) in [6, 6.07) is 11.3. The van der Waals surface area contributed by atoms with E-state index in [9.17, 15) is 19.2 Å². The highest BCUT2D eigenvalue weighted by atomic mass is 16.4. The number of carbonyl (C=O) groups is 4. The Morgan fingerprint density at radius 1 is 1.14 bits per heavy atom. The number of hydrogen-bond acceptors (Lipinski definition) is 5. The highest BCUT2D eigenvalue weighted by molar-refractivity contribution is 6.06. The SMILES string of the molecule is O=C1CCC(N2Cc3c(NCc4ccc(C(=O)O)cc4)cccc3C2=O)C(=O)N1. The maximum Gasteiger partial charge on any atom is 0.335 e. The number of aromatic carboxylic acids is 1. The predicted molar refractivity (Wildman–Crippen MR) is 103 cm³/mol. The first-order valence-electron chi connectivity index (χ1n) is 9.26. The number of hydrogen-bond donors (Lipinski definition) is 3. The van der Waals surface area contributed by atoms with E-state index in [4.69, 9.17) is 5.11 Å². The van der Waals surface area contributed by atoms with E-state index in [0.717, 1.165) is 16.8 Å². The number of fused-ring (bicyclic) bond motifs is 1. The number of anilines is 1. The molecular weight excluding hydrogens is 374 g/mol. The maximum atomic E-state index is 12.8. The van der Waals surface area contributed by atoms with Gasteiger partial charge < -0.3 is 15.3 Å². The van der Waals surface area contributed by atoms with Gasteiger partial charge in [0.15, 0.2) is 0 Å². The van der Waals surface area contributed by atoms with Crippen LogP contribution in [0.3, 0.4) is 0 Å². The van der Waals surface area contributed by atoms with Gasteiger partial charge in [0.05, 0.1) is 5.56 Å². The van der Waals surface area contributed by atoms with Crippen LogP contribution in [0, 0.1) is 0 Å². The van der Waals surface area contributed by atoms with Gasteiger partial charge in [0, 0.05) is 36.3 Å². The van der Waals surface area contributed by atoms with Crippen LogP contribution in [0.4, 0.5) is 5.69 Å². The Morgan fingerprint density at radius 3 is 2.59 bits per heavy atom. The van der Waals surface area contributed by atoms with Gasteiger partial charge in [-0.3, -0.25) is 19.7 Å². The van der Waals surface area contributed by atoms with Crippen LogP contribution in [0.5, 0.6) is 0 Å². The number of carboxylic acid groups (broad SMARTS) is 1. The van der Waals surface area contributed by atoms with Crippen LogP contribution in [0.1, 0.15) is 44.7 Å².